The number of fused-ring (bicyclic) bond motifs is 1. The molecule has 1 amide bonds. The maximum Gasteiger partial charge on any atom is 0.243 e. The van der Waals surface area contributed by atoms with E-state index >= 15 is 0 Å². The van der Waals surface area contributed by atoms with Crippen LogP contribution in [0.3, 0.4) is 0 Å². The molecular weight excluding hydrogens is 310 g/mol. The Hall–Kier alpha value is -2.33. The summed E-state index contributed by atoms with van der Waals surface area (Å²) in [6.07, 6.45) is 1.91. The number of aromatic nitrogens is 2. The molecule has 2 aromatic heterocycles. The van der Waals surface area contributed by atoms with E-state index in [0.717, 1.165) is 28.0 Å². The number of aryl methyl sites for hydroxylation is 2. The summed E-state index contributed by atoms with van der Waals surface area (Å²) in [5.41, 5.74) is 4.75. The minimum absolute atomic E-state index is 0.246. The Labute approximate surface area is 140 Å². The second-order valence-electron chi connectivity index (χ2n) is 5.66. The van der Waals surface area contributed by atoms with Gasteiger partial charge < -0.3 is 5.32 Å². The van der Waals surface area contributed by atoms with Crippen LogP contribution in [0.25, 0.3) is 16.9 Å². The topological polar surface area (TPSA) is 46.4 Å². The molecule has 4 nitrogen and oxygen atoms in total. The van der Waals surface area contributed by atoms with E-state index in [-0.39, 0.29) is 5.91 Å². The van der Waals surface area contributed by atoms with Gasteiger partial charge in [-0.3, -0.25) is 9.20 Å². The van der Waals surface area contributed by atoms with Crippen LogP contribution in [-0.2, 0) is 4.79 Å². The lowest BCUT2D eigenvalue weighted by molar-refractivity contribution is -0.115. The number of nitrogens with one attached hydrogen (secondary N) is 1. The van der Waals surface area contributed by atoms with E-state index in [4.69, 9.17) is 16.6 Å². The van der Waals surface area contributed by atoms with Crippen molar-refractivity contribution in [3.63, 3.8) is 0 Å². The number of rotatable bonds is 3. The zero-order valence-corrected chi connectivity index (χ0v) is 14.1. The highest BCUT2D eigenvalue weighted by Crippen LogP contribution is 2.31. The number of carbonyl (C=O) groups excluding carboxylic acids is 1. The first kappa shape index (κ1) is 15.6. The number of nitrogens with zero attached hydrogens (tertiary/aromatic N) is 2. The molecule has 0 aliphatic heterocycles. The molecule has 118 valence electrons. The lowest BCUT2D eigenvalue weighted by Gasteiger charge is -2.10. The van der Waals surface area contributed by atoms with E-state index in [1.807, 2.05) is 60.8 Å². The molecule has 0 saturated heterocycles. The van der Waals surface area contributed by atoms with Crippen molar-refractivity contribution in [2.24, 2.45) is 0 Å². The third-order valence-corrected chi connectivity index (χ3v) is 3.98. The molecule has 1 atom stereocenters. The molecule has 1 aromatic carbocycles. The lowest BCUT2D eigenvalue weighted by atomic mass is 10.1. The number of anilines is 1. The van der Waals surface area contributed by atoms with Crippen LogP contribution >= 0.6 is 11.6 Å². The lowest BCUT2D eigenvalue weighted by Crippen LogP contribution is -2.21. The summed E-state index contributed by atoms with van der Waals surface area (Å²) in [5.74, 6) is 0.399. The third-order valence-electron chi connectivity index (χ3n) is 3.78. The summed E-state index contributed by atoms with van der Waals surface area (Å²) in [5, 5.41) is 2.29. The molecular formula is C18H18ClN3O. The van der Waals surface area contributed by atoms with Crippen LogP contribution in [-0.4, -0.2) is 20.7 Å². The molecule has 0 aliphatic carbocycles. The molecule has 0 radical (unpaired) electrons. The largest absolute Gasteiger partial charge is 0.309 e. The van der Waals surface area contributed by atoms with Crippen molar-refractivity contribution in [2.45, 2.75) is 26.1 Å². The van der Waals surface area contributed by atoms with Gasteiger partial charge in [-0.2, -0.15) is 0 Å². The highest BCUT2D eigenvalue weighted by atomic mass is 35.5. The Bertz CT molecular complexity index is 883. The maximum atomic E-state index is 12.1. The fourth-order valence-electron chi connectivity index (χ4n) is 2.51. The molecule has 23 heavy (non-hydrogen) atoms. The first-order chi connectivity index (χ1) is 11.0. The molecule has 3 rings (SSSR count). The molecule has 0 fully saturated rings. The van der Waals surface area contributed by atoms with E-state index in [2.05, 4.69) is 5.32 Å². The molecule has 1 N–H and O–H groups in total. The van der Waals surface area contributed by atoms with Crippen molar-refractivity contribution in [1.29, 1.82) is 0 Å². The standard InChI is InChI=1S/C18H18ClN3O/c1-11-8-9-22-15(10-11)20-16(14-7-5-4-6-12(14)2)17(22)21-18(23)13(3)19/h4-10,13H,1-3H3,(H,21,23)/t13-/m1/s1. The summed E-state index contributed by atoms with van der Waals surface area (Å²) in [6, 6.07) is 12.0. The Kier molecular flexibility index (Phi) is 4.09. The third kappa shape index (κ3) is 2.94. The predicted octanol–water partition coefficient (Wildman–Crippen LogP) is 4.18. The van der Waals surface area contributed by atoms with Gasteiger partial charge in [-0.1, -0.05) is 24.3 Å². The van der Waals surface area contributed by atoms with E-state index < -0.39 is 5.38 Å². The summed E-state index contributed by atoms with van der Waals surface area (Å²) in [6.45, 7) is 5.69. The van der Waals surface area contributed by atoms with E-state index in [1.54, 1.807) is 6.92 Å². The van der Waals surface area contributed by atoms with Crippen LogP contribution in [0.4, 0.5) is 5.82 Å². The number of carbonyl (C=O) groups is 1. The summed E-state index contributed by atoms with van der Waals surface area (Å²) in [7, 11) is 0. The van der Waals surface area contributed by atoms with Crippen LogP contribution in [0.5, 0.6) is 0 Å². The number of amides is 1. The highest BCUT2D eigenvalue weighted by molar-refractivity contribution is 6.32. The van der Waals surface area contributed by atoms with Gasteiger partial charge in [0.2, 0.25) is 5.91 Å². The van der Waals surface area contributed by atoms with Gasteiger partial charge in [-0.15, -0.1) is 11.6 Å². The van der Waals surface area contributed by atoms with Crippen molar-refractivity contribution in [1.82, 2.24) is 9.38 Å². The molecule has 2 heterocycles. The zero-order valence-electron chi connectivity index (χ0n) is 13.3. The molecule has 0 bridgehead atoms. The Morgan fingerprint density at radius 3 is 2.70 bits per heavy atom. The van der Waals surface area contributed by atoms with Gasteiger partial charge in [-0.05, 0) is 44.0 Å². The number of benzene rings is 1. The second kappa shape index (κ2) is 6.05. The summed E-state index contributed by atoms with van der Waals surface area (Å²) >= 11 is 5.91. The Balaban J connectivity index is 2.23. The van der Waals surface area contributed by atoms with Crippen molar-refractivity contribution in [2.75, 3.05) is 5.32 Å². The van der Waals surface area contributed by atoms with Crippen molar-refractivity contribution in [3.8, 4) is 11.3 Å². The minimum Gasteiger partial charge on any atom is -0.309 e. The van der Waals surface area contributed by atoms with Crippen LogP contribution < -0.4 is 5.32 Å². The van der Waals surface area contributed by atoms with Gasteiger partial charge in [0.15, 0.2) is 0 Å². The van der Waals surface area contributed by atoms with Crippen LogP contribution in [0, 0.1) is 13.8 Å². The molecule has 0 spiro atoms. The average Bonchev–Trinajstić information content (AvgIpc) is 2.85. The van der Waals surface area contributed by atoms with Crippen LogP contribution in [0.15, 0.2) is 42.6 Å². The Morgan fingerprint density at radius 2 is 2.00 bits per heavy atom. The predicted molar refractivity (Wildman–Crippen MR) is 94.0 cm³/mol. The normalized spacial score (nSPS) is 12.3. The van der Waals surface area contributed by atoms with Gasteiger partial charge in [0.05, 0.1) is 0 Å². The number of halogens is 1. The quantitative estimate of drug-likeness (QED) is 0.733. The molecule has 0 unspecified atom stereocenters. The first-order valence-corrected chi connectivity index (χ1v) is 7.90. The molecule has 3 aromatic rings. The van der Waals surface area contributed by atoms with Crippen LogP contribution in [0.1, 0.15) is 18.1 Å². The highest BCUT2D eigenvalue weighted by Gasteiger charge is 2.19. The maximum absolute atomic E-state index is 12.1. The van der Waals surface area contributed by atoms with Crippen molar-refractivity contribution >= 4 is 29.0 Å². The SMILES string of the molecule is Cc1ccn2c(NC(=O)[C@@H](C)Cl)c(-c3ccccc3C)nc2c1. The van der Waals surface area contributed by atoms with E-state index in [9.17, 15) is 4.79 Å². The number of alkyl halides is 1. The van der Waals surface area contributed by atoms with E-state index in [1.165, 1.54) is 0 Å². The Morgan fingerprint density at radius 1 is 1.26 bits per heavy atom. The van der Waals surface area contributed by atoms with E-state index in [0.29, 0.717) is 5.82 Å². The molecule has 0 aliphatic rings. The van der Waals surface area contributed by atoms with Gasteiger partial charge in [-0.25, -0.2) is 4.98 Å². The number of hydrogen-bond acceptors (Lipinski definition) is 2. The zero-order chi connectivity index (χ0) is 16.6. The summed E-state index contributed by atoms with van der Waals surface area (Å²) < 4.78 is 1.88. The fraction of sp³-hybridized carbons (Fsp3) is 0.222. The smallest absolute Gasteiger partial charge is 0.243 e. The molecule has 5 heteroatoms. The monoisotopic (exact) mass is 327 g/mol. The number of pyridine rings is 1. The number of imidazole rings is 1. The van der Waals surface area contributed by atoms with Crippen molar-refractivity contribution < 1.29 is 4.79 Å². The van der Waals surface area contributed by atoms with Gasteiger partial charge in [0, 0.05) is 11.8 Å². The first-order valence-electron chi connectivity index (χ1n) is 7.47. The minimum atomic E-state index is -0.615. The summed E-state index contributed by atoms with van der Waals surface area (Å²) in [4.78, 5) is 16.8. The second-order valence-corrected chi connectivity index (χ2v) is 6.32. The van der Waals surface area contributed by atoms with Crippen LogP contribution in [0.2, 0.25) is 0 Å². The number of hydrogen-bond donors (Lipinski definition) is 1. The van der Waals surface area contributed by atoms with Gasteiger partial charge in [0.1, 0.15) is 22.5 Å². The average molecular weight is 328 g/mol. The van der Waals surface area contributed by atoms with Gasteiger partial charge >= 0.3 is 0 Å². The molecule has 0 saturated carbocycles. The fourth-order valence-corrected chi connectivity index (χ4v) is 2.56. The van der Waals surface area contributed by atoms with Crippen molar-refractivity contribution in [3.05, 3.63) is 53.7 Å². The van der Waals surface area contributed by atoms with Gasteiger partial charge in [0.25, 0.3) is 0 Å².